The highest BCUT2D eigenvalue weighted by Gasteiger charge is 2.27. The monoisotopic (exact) mass is 513 g/mol. The number of nitrogens with one attached hydrogen (secondary N) is 3. The van der Waals surface area contributed by atoms with E-state index in [1.54, 1.807) is 42.5 Å². The van der Waals surface area contributed by atoms with Gasteiger partial charge in [0.25, 0.3) is 0 Å². The van der Waals surface area contributed by atoms with Gasteiger partial charge in [-0.05, 0) is 42.6 Å². The van der Waals surface area contributed by atoms with Crippen molar-refractivity contribution >= 4 is 23.7 Å². The second-order valence-electron chi connectivity index (χ2n) is 8.69. The summed E-state index contributed by atoms with van der Waals surface area (Å²) < 4.78 is 0. The molecule has 0 bridgehead atoms. The summed E-state index contributed by atoms with van der Waals surface area (Å²) in [4.78, 5) is 49.7. The molecule has 3 atom stereocenters. The number of aliphatic carboxylic acids is 1. The number of carbonyl (C=O) groups is 4. The van der Waals surface area contributed by atoms with Gasteiger partial charge in [-0.1, -0.05) is 48.9 Å². The molecule has 0 saturated carbocycles. The minimum absolute atomic E-state index is 0.0298. The van der Waals surface area contributed by atoms with E-state index in [-0.39, 0.29) is 18.6 Å². The van der Waals surface area contributed by atoms with Crippen molar-refractivity contribution < 1.29 is 29.4 Å². The minimum Gasteiger partial charge on any atom is -0.508 e. The molecule has 2 aromatic rings. The molecular weight excluding hydrogens is 478 g/mol. The molecule has 2 rings (SSSR count). The molecule has 0 saturated heterocycles. The SMILES string of the molecule is NCCCCC(N)C(=O)NCC(=O)NC(Cc1ccc(O)cc1)C(=O)NC(Cc1ccccc1)C(=O)O. The summed E-state index contributed by atoms with van der Waals surface area (Å²) in [7, 11) is 0. The normalized spacial score (nSPS) is 13.1. The lowest BCUT2D eigenvalue weighted by Crippen LogP contribution is -2.54. The number of aromatic hydroxyl groups is 1. The van der Waals surface area contributed by atoms with Gasteiger partial charge in [0.1, 0.15) is 17.8 Å². The van der Waals surface area contributed by atoms with E-state index in [4.69, 9.17) is 11.5 Å². The molecule has 0 aliphatic rings. The Morgan fingerprint density at radius 3 is 2.05 bits per heavy atom. The van der Waals surface area contributed by atoms with Crippen LogP contribution in [0.15, 0.2) is 54.6 Å². The predicted octanol–water partition coefficient (Wildman–Crippen LogP) is -0.196. The van der Waals surface area contributed by atoms with Crippen LogP contribution in [0, 0.1) is 0 Å². The summed E-state index contributed by atoms with van der Waals surface area (Å²) in [5, 5.41) is 26.7. The van der Waals surface area contributed by atoms with Gasteiger partial charge in [-0.15, -0.1) is 0 Å². The van der Waals surface area contributed by atoms with E-state index in [1.165, 1.54) is 12.1 Å². The molecule has 2 aromatic carbocycles. The van der Waals surface area contributed by atoms with Crippen molar-refractivity contribution in [1.82, 2.24) is 16.0 Å². The zero-order valence-corrected chi connectivity index (χ0v) is 20.6. The van der Waals surface area contributed by atoms with Gasteiger partial charge in [-0.25, -0.2) is 4.79 Å². The standard InChI is InChI=1S/C26H35N5O6/c27-13-5-4-8-20(28)24(34)29-16-23(33)30-21(14-18-9-11-19(32)12-10-18)25(35)31-22(26(36)37)15-17-6-2-1-3-7-17/h1-3,6-7,9-12,20-22,32H,4-5,8,13-16,27-28H2,(H,29,34)(H,30,33)(H,31,35)(H,36,37). The van der Waals surface area contributed by atoms with Gasteiger partial charge in [0.15, 0.2) is 0 Å². The van der Waals surface area contributed by atoms with Crippen LogP contribution in [-0.4, -0.2) is 65.1 Å². The Kier molecular flexibility index (Phi) is 12.0. The zero-order chi connectivity index (χ0) is 27.2. The number of amides is 3. The summed E-state index contributed by atoms with van der Waals surface area (Å²) in [5.41, 5.74) is 12.6. The Morgan fingerprint density at radius 2 is 1.43 bits per heavy atom. The molecule has 37 heavy (non-hydrogen) atoms. The molecule has 3 amide bonds. The van der Waals surface area contributed by atoms with Crippen LogP contribution in [-0.2, 0) is 32.0 Å². The van der Waals surface area contributed by atoms with Gasteiger partial charge in [-0.3, -0.25) is 14.4 Å². The van der Waals surface area contributed by atoms with Gasteiger partial charge in [-0.2, -0.15) is 0 Å². The highest BCUT2D eigenvalue weighted by molar-refractivity contribution is 5.92. The number of hydrogen-bond donors (Lipinski definition) is 7. The van der Waals surface area contributed by atoms with Crippen molar-refractivity contribution in [2.24, 2.45) is 11.5 Å². The fourth-order valence-corrected chi connectivity index (χ4v) is 3.58. The number of nitrogens with two attached hydrogens (primary N) is 2. The minimum atomic E-state index is -1.22. The van der Waals surface area contributed by atoms with Crippen LogP contribution >= 0.6 is 0 Å². The number of rotatable bonds is 15. The van der Waals surface area contributed by atoms with Crippen molar-refractivity contribution in [3.05, 3.63) is 65.7 Å². The Bertz CT molecular complexity index is 1030. The average Bonchev–Trinajstić information content (AvgIpc) is 2.88. The van der Waals surface area contributed by atoms with Gasteiger partial charge in [0.2, 0.25) is 17.7 Å². The lowest BCUT2D eigenvalue weighted by atomic mass is 10.0. The van der Waals surface area contributed by atoms with Crippen LogP contribution in [0.5, 0.6) is 5.75 Å². The highest BCUT2D eigenvalue weighted by Crippen LogP contribution is 2.12. The molecule has 9 N–H and O–H groups in total. The van der Waals surface area contributed by atoms with E-state index >= 15 is 0 Å². The molecule has 0 heterocycles. The molecule has 0 radical (unpaired) electrons. The number of phenols is 1. The maximum Gasteiger partial charge on any atom is 0.326 e. The number of carbonyl (C=O) groups excluding carboxylic acids is 3. The molecule has 11 heteroatoms. The largest absolute Gasteiger partial charge is 0.508 e. The van der Waals surface area contributed by atoms with Gasteiger partial charge >= 0.3 is 5.97 Å². The highest BCUT2D eigenvalue weighted by atomic mass is 16.4. The molecule has 0 aromatic heterocycles. The summed E-state index contributed by atoms with van der Waals surface area (Å²) in [5.74, 6) is -3.03. The van der Waals surface area contributed by atoms with E-state index in [9.17, 15) is 29.4 Å². The van der Waals surface area contributed by atoms with Crippen molar-refractivity contribution in [1.29, 1.82) is 0 Å². The Morgan fingerprint density at radius 1 is 0.811 bits per heavy atom. The zero-order valence-electron chi connectivity index (χ0n) is 20.6. The van der Waals surface area contributed by atoms with Gasteiger partial charge in [0, 0.05) is 12.8 Å². The molecular formula is C26H35N5O6. The van der Waals surface area contributed by atoms with E-state index in [2.05, 4.69) is 16.0 Å². The lowest BCUT2D eigenvalue weighted by molar-refractivity contribution is -0.142. The van der Waals surface area contributed by atoms with Crippen LogP contribution in [0.25, 0.3) is 0 Å². The maximum atomic E-state index is 13.1. The first-order chi connectivity index (χ1) is 17.7. The van der Waals surface area contributed by atoms with Crippen molar-refractivity contribution in [3.8, 4) is 5.75 Å². The van der Waals surface area contributed by atoms with Crippen molar-refractivity contribution in [2.45, 2.75) is 50.2 Å². The molecule has 11 nitrogen and oxygen atoms in total. The summed E-state index contributed by atoms with van der Waals surface area (Å²) in [6.45, 7) is 0.0878. The number of carboxylic acid groups (broad SMARTS) is 1. The summed E-state index contributed by atoms with van der Waals surface area (Å²) >= 11 is 0. The van der Waals surface area contributed by atoms with E-state index < -0.39 is 48.4 Å². The first kappa shape index (κ1) is 29.3. The first-order valence-electron chi connectivity index (χ1n) is 12.1. The van der Waals surface area contributed by atoms with E-state index in [1.807, 2.05) is 0 Å². The maximum absolute atomic E-state index is 13.1. The summed E-state index contributed by atoms with van der Waals surface area (Å²) in [6.07, 6.45) is 1.92. The van der Waals surface area contributed by atoms with Gasteiger partial charge < -0.3 is 37.6 Å². The first-order valence-corrected chi connectivity index (χ1v) is 12.1. The number of phenolic OH excluding ortho intramolecular Hbond substituents is 1. The second kappa shape index (κ2) is 15.2. The smallest absolute Gasteiger partial charge is 0.326 e. The Balaban J connectivity index is 2.05. The Labute approximate surface area is 215 Å². The summed E-state index contributed by atoms with van der Waals surface area (Å²) in [6, 6.07) is 11.7. The Hall–Kier alpha value is -3.96. The molecule has 3 unspecified atom stereocenters. The van der Waals surface area contributed by atoms with Crippen LogP contribution in [0.2, 0.25) is 0 Å². The quantitative estimate of drug-likeness (QED) is 0.159. The molecule has 0 aliphatic carbocycles. The fourth-order valence-electron chi connectivity index (χ4n) is 3.58. The lowest BCUT2D eigenvalue weighted by Gasteiger charge is -2.22. The fraction of sp³-hybridized carbons (Fsp3) is 0.385. The molecule has 0 aliphatic heterocycles. The van der Waals surface area contributed by atoms with Gasteiger partial charge in [0.05, 0.1) is 12.6 Å². The van der Waals surface area contributed by atoms with Crippen molar-refractivity contribution in [3.63, 3.8) is 0 Å². The number of benzene rings is 2. The van der Waals surface area contributed by atoms with Crippen LogP contribution in [0.3, 0.4) is 0 Å². The number of unbranched alkanes of at least 4 members (excludes halogenated alkanes) is 1. The molecule has 0 spiro atoms. The predicted molar refractivity (Wildman–Crippen MR) is 137 cm³/mol. The van der Waals surface area contributed by atoms with Crippen molar-refractivity contribution in [2.75, 3.05) is 13.1 Å². The average molecular weight is 514 g/mol. The van der Waals surface area contributed by atoms with Crippen LogP contribution < -0.4 is 27.4 Å². The van der Waals surface area contributed by atoms with E-state index in [0.29, 0.717) is 24.9 Å². The van der Waals surface area contributed by atoms with Crippen LogP contribution in [0.1, 0.15) is 30.4 Å². The molecule has 200 valence electrons. The number of hydrogen-bond acceptors (Lipinski definition) is 7. The topological polar surface area (TPSA) is 197 Å². The van der Waals surface area contributed by atoms with E-state index in [0.717, 1.165) is 12.0 Å². The van der Waals surface area contributed by atoms with Crippen LogP contribution in [0.4, 0.5) is 0 Å². The third-order valence-electron chi connectivity index (χ3n) is 5.65. The second-order valence-corrected chi connectivity index (χ2v) is 8.69. The molecule has 0 fully saturated rings. The third-order valence-corrected chi connectivity index (χ3v) is 5.65. The third kappa shape index (κ3) is 10.7. The number of carboxylic acids is 1.